The van der Waals surface area contributed by atoms with E-state index in [-0.39, 0.29) is 23.3 Å². The van der Waals surface area contributed by atoms with E-state index < -0.39 is 5.60 Å². The van der Waals surface area contributed by atoms with Crippen molar-refractivity contribution in [1.82, 2.24) is 29.2 Å². The number of rotatable bonds is 5. The van der Waals surface area contributed by atoms with Crippen molar-refractivity contribution in [3.63, 3.8) is 0 Å². The molecule has 1 saturated heterocycles. The number of carbonyl (C=O) groups is 1. The molecule has 3 aromatic heterocycles. The Labute approximate surface area is 209 Å². The first kappa shape index (κ1) is 24.1. The minimum atomic E-state index is -0.504. The van der Waals surface area contributed by atoms with Crippen LogP contribution in [-0.4, -0.2) is 59.6 Å². The topological polar surface area (TPSA) is 116 Å². The molecule has 0 bridgehead atoms. The van der Waals surface area contributed by atoms with Gasteiger partial charge in [-0.2, -0.15) is 10.1 Å². The van der Waals surface area contributed by atoms with E-state index in [9.17, 15) is 9.59 Å². The third-order valence-electron chi connectivity index (χ3n) is 6.54. The molecular weight excluding hydrogens is 462 g/mol. The Morgan fingerprint density at radius 2 is 1.92 bits per heavy atom. The van der Waals surface area contributed by atoms with Crippen LogP contribution in [-0.2, 0) is 11.8 Å². The number of aromatic nitrogens is 5. The predicted octanol–water partition coefficient (Wildman–Crippen LogP) is 3.77. The maximum atomic E-state index is 12.8. The van der Waals surface area contributed by atoms with Crippen LogP contribution >= 0.6 is 0 Å². The highest BCUT2D eigenvalue weighted by atomic mass is 16.6. The Morgan fingerprint density at radius 3 is 2.58 bits per heavy atom. The van der Waals surface area contributed by atoms with Crippen LogP contribution in [0.1, 0.15) is 59.4 Å². The first-order valence-corrected chi connectivity index (χ1v) is 12.4. The number of amides is 1. The number of nitrogens with one attached hydrogen (secondary N) is 1. The van der Waals surface area contributed by atoms with Gasteiger partial charge in [-0.25, -0.2) is 9.78 Å². The zero-order chi connectivity index (χ0) is 25.7. The summed E-state index contributed by atoms with van der Waals surface area (Å²) >= 11 is 0. The van der Waals surface area contributed by atoms with E-state index in [1.807, 2.05) is 38.6 Å². The lowest BCUT2D eigenvalue weighted by molar-refractivity contribution is 0.0184. The third kappa shape index (κ3) is 5.14. The maximum absolute atomic E-state index is 12.8. The van der Waals surface area contributed by atoms with Gasteiger partial charge in [0.05, 0.1) is 23.4 Å². The Balaban J connectivity index is 1.30. The molecule has 5 rings (SSSR count). The first-order valence-electron chi connectivity index (χ1n) is 12.4. The van der Waals surface area contributed by atoms with E-state index >= 15 is 0 Å². The quantitative estimate of drug-likeness (QED) is 0.569. The van der Waals surface area contributed by atoms with Gasteiger partial charge in [0, 0.05) is 32.5 Å². The average molecular weight is 496 g/mol. The minimum Gasteiger partial charge on any atom is -0.471 e. The monoisotopic (exact) mass is 495 g/mol. The molecule has 3 aromatic rings. The smallest absolute Gasteiger partial charge is 0.410 e. The van der Waals surface area contributed by atoms with Gasteiger partial charge in [0.15, 0.2) is 0 Å². The van der Waals surface area contributed by atoms with Crippen molar-refractivity contribution in [3.05, 3.63) is 35.0 Å². The van der Waals surface area contributed by atoms with Crippen LogP contribution in [0.3, 0.4) is 0 Å². The summed E-state index contributed by atoms with van der Waals surface area (Å²) in [5.41, 5.74) is 0.269. The van der Waals surface area contributed by atoms with Crippen LogP contribution in [0, 0.1) is 0 Å². The van der Waals surface area contributed by atoms with Crippen LogP contribution in [0.5, 0.6) is 5.88 Å². The van der Waals surface area contributed by atoms with Crippen molar-refractivity contribution in [2.24, 2.45) is 7.05 Å². The number of carbonyl (C=O) groups excluding carboxylic acids is 1. The van der Waals surface area contributed by atoms with Gasteiger partial charge in [-0.05, 0) is 59.4 Å². The number of piperidine rings is 1. The standard InChI is InChI=1S/C25H33N7O4/c1-24(2,3)36-23(34)31-12-6-17(7-13-31)32-15-16(14-26-32)27-22-28-18-8-11-30(5)21(33)19(18)20(29-22)35-25(4)9-10-25/h8,11,14-15,17H,6-7,9-10,12-13H2,1-5H3,(H,27,28,29). The average Bonchev–Trinajstić information content (AvgIpc) is 3.34. The molecule has 2 aliphatic rings. The highest BCUT2D eigenvalue weighted by Crippen LogP contribution is 2.40. The Morgan fingerprint density at radius 1 is 1.19 bits per heavy atom. The molecule has 11 nitrogen and oxygen atoms in total. The largest absolute Gasteiger partial charge is 0.471 e. The molecule has 1 N–H and O–H groups in total. The van der Waals surface area contributed by atoms with E-state index in [1.54, 1.807) is 30.4 Å². The minimum absolute atomic E-state index is 0.175. The summed E-state index contributed by atoms with van der Waals surface area (Å²) in [6.45, 7) is 8.86. The molecule has 1 aliphatic carbocycles. The zero-order valence-electron chi connectivity index (χ0n) is 21.4. The summed E-state index contributed by atoms with van der Waals surface area (Å²) < 4.78 is 15.0. The molecule has 0 radical (unpaired) electrons. The molecule has 36 heavy (non-hydrogen) atoms. The second-order valence-electron chi connectivity index (χ2n) is 10.9. The van der Waals surface area contributed by atoms with Gasteiger partial charge >= 0.3 is 6.09 Å². The van der Waals surface area contributed by atoms with Crippen molar-refractivity contribution < 1.29 is 14.3 Å². The van der Waals surface area contributed by atoms with Crippen LogP contribution in [0.2, 0.25) is 0 Å². The summed E-state index contributed by atoms with van der Waals surface area (Å²) in [5, 5.41) is 8.12. The second-order valence-corrected chi connectivity index (χ2v) is 10.9. The van der Waals surface area contributed by atoms with E-state index in [4.69, 9.17) is 9.47 Å². The van der Waals surface area contributed by atoms with Gasteiger partial charge in [0.25, 0.3) is 5.56 Å². The maximum Gasteiger partial charge on any atom is 0.410 e. The number of anilines is 2. The van der Waals surface area contributed by atoms with E-state index in [0.717, 1.165) is 31.4 Å². The van der Waals surface area contributed by atoms with E-state index in [2.05, 4.69) is 20.4 Å². The molecule has 0 aromatic carbocycles. The number of nitrogens with zero attached hydrogens (tertiary/aromatic N) is 6. The van der Waals surface area contributed by atoms with Crippen LogP contribution in [0.15, 0.2) is 29.5 Å². The van der Waals surface area contributed by atoms with Crippen LogP contribution in [0.4, 0.5) is 16.4 Å². The molecule has 2 fully saturated rings. The van der Waals surface area contributed by atoms with Gasteiger partial charge in [-0.3, -0.25) is 9.48 Å². The number of likely N-dealkylation sites (tertiary alicyclic amines) is 1. The predicted molar refractivity (Wildman–Crippen MR) is 135 cm³/mol. The molecule has 1 amide bonds. The highest BCUT2D eigenvalue weighted by molar-refractivity contribution is 5.84. The molecule has 11 heteroatoms. The molecule has 0 unspecified atom stereocenters. The molecular formula is C25H33N7O4. The SMILES string of the molecule is Cn1ccc2nc(Nc3cnn(C4CCN(C(=O)OC(C)(C)C)CC4)c3)nc(OC3(C)CC3)c2c1=O. The van der Waals surface area contributed by atoms with Crippen molar-refractivity contribution in [3.8, 4) is 5.88 Å². The summed E-state index contributed by atoms with van der Waals surface area (Å²) in [5.74, 6) is 0.639. The van der Waals surface area contributed by atoms with Crippen molar-refractivity contribution >= 4 is 28.6 Å². The number of ether oxygens (including phenoxy) is 2. The van der Waals surface area contributed by atoms with Crippen molar-refractivity contribution in [2.45, 2.75) is 70.6 Å². The van der Waals surface area contributed by atoms with Crippen molar-refractivity contribution in [1.29, 1.82) is 0 Å². The number of aryl methyl sites for hydroxylation is 1. The van der Waals surface area contributed by atoms with E-state index in [0.29, 0.717) is 35.8 Å². The molecule has 1 saturated carbocycles. The first-order chi connectivity index (χ1) is 17.0. The van der Waals surface area contributed by atoms with Gasteiger partial charge in [0.2, 0.25) is 11.8 Å². The highest BCUT2D eigenvalue weighted by Gasteiger charge is 2.41. The lowest BCUT2D eigenvalue weighted by atomic mass is 10.1. The van der Waals surface area contributed by atoms with Crippen molar-refractivity contribution in [2.75, 3.05) is 18.4 Å². The number of pyridine rings is 1. The molecule has 4 heterocycles. The lowest BCUT2D eigenvalue weighted by Gasteiger charge is -2.33. The fourth-order valence-corrected chi connectivity index (χ4v) is 4.22. The van der Waals surface area contributed by atoms with Gasteiger partial charge in [-0.1, -0.05) is 0 Å². The number of hydrogen-bond acceptors (Lipinski definition) is 8. The molecule has 192 valence electrons. The van der Waals surface area contributed by atoms with Crippen LogP contribution in [0.25, 0.3) is 10.9 Å². The molecule has 0 spiro atoms. The summed E-state index contributed by atoms with van der Waals surface area (Å²) in [4.78, 5) is 36.0. The van der Waals surface area contributed by atoms with E-state index in [1.165, 1.54) is 4.57 Å². The van der Waals surface area contributed by atoms with Gasteiger partial charge in [-0.15, -0.1) is 0 Å². The fourth-order valence-electron chi connectivity index (χ4n) is 4.22. The number of fused-ring (bicyclic) bond motifs is 1. The Kier molecular flexibility index (Phi) is 5.88. The summed E-state index contributed by atoms with van der Waals surface area (Å²) in [6.07, 6.45) is 8.46. The number of hydrogen-bond donors (Lipinski definition) is 1. The Bertz CT molecular complexity index is 1340. The normalized spacial score (nSPS) is 17.8. The zero-order valence-corrected chi connectivity index (χ0v) is 21.4. The van der Waals surface area contributed by atoms with Crippen LogP contribution < -0.4 is 15.6 Å². The summed E-state index contributed by atoms with van der Waals surface area (Å²) in [6, 6.07) is 1.96. The second kappa shape index (κ2) is 8.79. The lowest BCUT2D eigenvalue weighted by Crippen LogP contribution is -2.42. The summed E-state index contributed by atoms with van der Waals surface area (Å²) in [7, 11) is 1.70. The molecule has 0 atom stereocenters. The Hall–Kier alpha value is -3.63. The van der Waals surface area contributed by atoms with Gasteiger partial charge < -0.3 is 24.3 Å². The fraction of sp³-hybridized carbons (Fsp3) is 0.560. The molecule has 1 aliphatic heterocycles. The van der Waals surface area contributed by atoms with Gasteiger partial charge in [0.1, 0.15) is 16.6 Å². The third-order valence-corrected chi connectivity index (χ3v) is 6.54.